The van der Waals surface area contributed by atoms with Gasteiger partial charge in [0, 0.05) is 23.5 Å². The van der Waals surface area contributed by atoms with Gasteiger partial charge in [-0.3, -0.25) is 9.98 Å². The minimum atomic E-state index is 0.784. The maximum absolute atomic E-state index is 4.59. The van der Waals surface area contributed by atoms with Crippen molar-refractivity contribution >= 4 is 16.6 Å². The molecule has 2 rings (SSSR count). The van der Waals surface area contributed by atoms with E-state index in [0.717, 1.165) is 46.2 Å². The third-order valence-electron chi connectivity index (χ3n) is 4.15. The average molecular weight is 330 g/mol. The van der Waals surface area contributed by atoms with Gasteiger partial charge in [0.15, 0.2) is 0 Å². The van der Waals surface area contributed by atoms with Crippen molar-refractivity contribution in [3.8, 4) is 0 Å². The fourth-order valence-corrected chi connectivity index (χ4v) is 2.59. The van der Waals surface area contributed by atoms with E-state index in [1.165, 1.54) is 5.56 Å². The van der Waals surface area contributed by atoms with Crippen molar-refractivity contribution in [1.29, 1.82) is 0 Å². The van der Waals surface area contributed by atoms with E-state index in [0.29, 0.717) is 0 Å². The number of rotatable bonds is 7. The monoisotopic (exact) mass is 330 g/mol. The van der Waals surface area contributed by atoms with Gasteiger partial charge >= 0.3 is 0 Å². The van der Waals surface area contributed by atoms with Gasteiger partial charge in [0.05, 0.1) is 5.52 Å². The lowest BCUT2D eigenvalue weighted by Gasteiger charge is -2.07. The second-order valence-electron chi connectivity index (χ2n) is 6.11. The zero-order valence-corrected chi connectivity index (χ0v) is 15.4. The summed E-state index contributed by atoms with van der Waals surface area (Å²) in [6, 6.07) is 10.4. The van der Waals surface area contributed by atoms with Crippen LogP contribution in [0.2, 0.25) is 0 Å². The molecular weight excluding hydrogens is 304 g/mol. The summed E-state index contributed by atoms with van der Waals surface area (Å²) in [5, 5.41) is 1.15. The van der Waals surface area contributed by atoms with Crippen LogP contribution in [-0.2, 0) is 6.42 Å². The molecule has 1 aromatic heterocycles. The van der Waals surface area contributed by atoms with Crippen LogP contribution in [0.3, 0.4) is 0 Å². The van der Waals surface area contributed by atoms with E-state index >= 15 is 0 Å². The molecule has 0 saturated carbocycles. The van der Waals surface area contributed by atoms with Gasteiger partial charge in [0.25, 0.3) is 0 Å². The van der Waals surface area contributed by atoms with Gasteiger partial charge in [0.2, 0.25) is 0 Å². The van der Waals surface area contributed by atoms with Gasteiger partial charge in [-0.1, -0.05) is 44.4 Å². The van der Waals surface area contributed by atoms with Gasteiger partial charge in [0.1, 0.15) is 0 Å². The molecule has 128 valence electrons. The first-order valence-electron chi connectivity index (χ1n) is 8.61. The number of hydrogen-bond acceptors (Lipinski definition) is 2. The Hall–Kier alpha value is -2.74. The Balaban J connectivity index is 2.13. The largest absolute Gasteiger partial charge is 0.261 e. The van der Waals surface area contributed by atoms with Crippen molar-refractivity contribution in [3.63, 3.8) is 0 Å². The summed E-state index contributed by atoms with van der Waals surface area (Å²) in [6.45, 7) is 14.2. The lowest BCUT2D eigenvalue weighted by atomic mass is 10.0. The van der Waals surface area contributed by atoms with E-state index in [1.807, 2.05) is 31.5 Å². The van der Waals surface area contributed by atoms with Gasteiger partial charge in [-0.05, 0) is 67.2 Å². The first-order valence-corrected chi connectivity index (χ1v) is 8.61. The number of aliphatic imine (C=N–C) groups is 1. The van der Waals surface area contributed by atoms with Crippen molar-refractivity contribution in [2.45, 2.75) is 33.6 Å². The molecule has 2 aromatic rings. The van der Waals surface area contributed by atoms with E-state index < -0.39 is 0 Å². The quantitative estimate of drug-likeness (QED) is 0.437. The highest BCUT2D eigenvalue weighted by molar-refractivity contribution is 5.98. The number of benzene rings is 1. The Labute approximate surface area is 151 Å². The van der Waals surface area contributed by atoms with E-state index in [4.69, 9.17) is 0 Å². The number of aromatic nitrogens is 1. The van der Waals surface area contributed by atoms with Gasteiger partial charge < -0.3 is 0 Å². The van der Waals surface area contributed by atoms with Crippen LogP contribution in [-0.4, -0.2) is 10.7 Å². The highest BCUT2D eigenvalue weighted by atomic mass is 14.7. The summed E-state index contributed by atoms with van der Waals surface area (Å²) in [5.74, 6) is 0. The Morgan fingerprint density at radius 2 is 2.04 bits per heavy atom. The normalized spacial score (nSPS) is 13.2. The molecule has 2 nitrogen and oxygen atoms in total. The highest BCUT2D eigenvalue weighted by Crippen LogP contribution is 2.17. The van der Waals surface area contributed by atoms with Crippen molar-refractivity contribution < 1.29 is 0 Å². The average Bonchev–Trinajstić information content (AvgIpc) is 2.63. The van der Waals surface area contributed by atoms with Crippen LogP contribution in [0.4, 0.5) is 0 Å². The van der Waals surface area contributed by atoms with Crippen molar-refractivity contribution in [1.82, 2.24) is 4.98 Å². The standard InChI is InChI=1S/C23H26N2/c1-6-9-21(7-2)18(4)16-25-19(5)17(3)14-20-11-12-23-22(15-20)10-8-13-24-23/h7-13,15-16H,2-3,6,14H2,1,4-5H3/b18-16+,21-9+,25-19?. The second kappa shape index (κ2) is 8.93. The summed E-state index contributed by atoms with van der Waals surface area (Å²) in [7, 11) is 0. The number of hydrogen-bond donors (Lipinski definition) is 0. The molecule has 0 aliphatic carbocycles. The van der Waals surface area contributed by atoms with Crippen molar-refractivity contribution in [2.24, 2.45) is 4.99 Å². The maximum atomic E-state index is 4.59. The predicted octanol–water partition coefficient (Wildman–Crippen LogP) is 6.22. The van der Waals surface area contributed by atoms with Crippen molar-refractivity contribution in [3.05, 3.63) is 90.3 Å². The molecule has 2 heteroatoms. The molecule has 0 bridgehead atoms. The van der Waals surface area contributed by atoms with E-state index in [-0.39, 0.29) is 0 Å². The SMILES string of the molecule is C=CC(=C\CC)/C(C)=C/N=C(C)C(=C)Cc1ccc2ncccc2c1. The van der Waals surface area contributed by atoms with Crippen LogP contribution < -0.4 is 0 Å². The van der Waals surface area contributed by atoms with Gasteiger partial charge in [-0.15, -0.1) is 0 Å². The molecule has 0 saturated heterocycles. The number of allylic oxidation sites excluding steroid dienone is 5. The molecule has 0 N–H and O–H groups in total. The van der Waals surface area contributed by atoms with Crippen LogP contribution in [0.1, 0.15) is 32.8 Å². The summed E-state index contributed by atoms with van der Waals surface area (Å²) < 4.78 is 0. The van der Waals surface area contributed by atoms with Crippen LogP contribution in [0.25, 0.3) is 10.9 Å². The first kappa shape index (κ1) is 18.6. The molecule has 0 fully saturated rings. The minimum Gasteiger partial charge on any atom is -0.261 e. The fourth-order valence-electron chi connectivity index (χ4n) is 2.59. The number of nitrogens with zero attached hydrogens (tertiary/aromatic N) is 2. The van der Waals surface area contributed by atoms with Crippen LogP contribution in [0.5, 0.6) is 0 Å². The predicted molar refractivity (Wildman–Crippen MR) is 110 cm³/mol. The summed E-state index contributed by atoms with van der Waals surface area (Å²) in [6.07, 6.45) is 9.51. The molecule has 25 heavy (non-hydrogen) atoms. The Bertz CT molecular complexity index is 867. The zero-order valence-electron chi connectivity index (χ0n) is 15.4. The molecule has 0 spiro atoms. The van der Waals surface area contributed by atoms with E-state index in [1.54, 1.807) is 0 Å². The molecule has 0 unspecified atom stereocenters. The topological polar surface area (TPSA) is 25.2 Å². The second-order valence-corrected chi connectivity index (χ2v) is 6.11. The molecule has 1 heterocycles. The molecule has 0 amide bonds. The summed E-state index contributed by atoms with van der Waals surface area (Å²) in [5.41, 5.74) is 6.45. The number of pyridine rings is 1. The lowest BCUT2D eigenvalue weighted by molar-refractivity contribution is 1.19. The fraction of sp³-hybridized carbons (Fsp3) is 0.217. The zero-order chi connectivity index (χ0) is 18.2. The van der Waals surface area contributed by atoms with Gasteiger partial charge in [-0.2, -0.15) is 0 Å². The van der Waals surface area contributed by atoms with Gasteiger partial charge in [-0.25, -0.2) is 0 Å². The third kappa shape index (κ3) is 5.12. The van der Waals surface area contributed by atoms with E-state index in [9.17, 15) is 0 Å². The third-order valence-corrected chi connectivity index (χ3v) is 4.15. The Morgan fingerprint density at radius 1 is 1.24 bits per heavy atom. The number of fused-ring (bicyclic) bond motifs is 1. The molecule has 0 atom stereocenters. The molecule has 1 aromatic carbocycles. The van der Waals surface area contributed by atoms with Crippen molar-refractivity contribution in [2.75, 3.05) is 0 Å². The molecule has 0 aliphatic rings. The molecular formula is C23H26N2. The lowest BCUT2D eigenvalue weighted by Crippen LogP contribution is -2.00. The highest BCUT2D eigenvalue weighted by Gasteiger charge is 2.03. The minimum absolute atomic E-state index is 0.784. The smallest absolute Gasteiger partial charge is 0.0702 e. The molecule has 0 radical (unpaired) electrons. The molecule has 0 aliphatic heterocycles. The van der Waals surface area contributed by atoms with Crippen LogP contribution in [0, 0.1) is 0 Å². The first-order chi connectivity index (χ1) is 12.0. The van der Waals surface area contributed by atoms with Crippen LogP contribution >= 0.6 is 0 Å². The Kier molecular flexibility index (Phi) is 6.64. The summed E-state index contributed by atoms with van der Waals surface area (Å²) in [4.78, 5) is 8.95. The van der Waals surface area contributed by atoms with Crippen LogP contribution in [0.15, 0.2) is 89.8 Å². The van der Waals surface area contributed by atoms with E-state index in [2.05, 4.69) is 67.3 Å². The Morgan fingerprint density at radius 3 is 2.76 bits per heavy atom. The maximum Gasteiger partial charge on any atom is 0.0702 e. The summed E-state index contributed by atoms with van der Waals surface area (Å²) >= 11 is 0.